The van der Waals surface area contributed by atoms with Gasteiger partial charge in [0.15, 0.2) is 0 Å². The summed E-state index contributed by atoms with van der Waals surface area (Å²) in [6, 6.07) is 0. The van der Waals surface area contributed by atoms with Gasteiger partial charge in [0, 0.05) is 18.5 Å². The number of nitrogens with two attached hydrogens (primary N) is 1. The Bertz CT molecular complexity index is 259. The molecule has 19 heavy (non-hydrogen) atoms. The van der Waals surface area contributed by atoms with Gasteiger partial charge in [-0.3, -0.25) is 4.79 Å². The Hall–Kier alpha value is -0.570. The van der Waals surface area contributed by atoms with Crippen molar-refractivity contribution in [2.75, 3.05) is 6.54 Å². The van der Waals surface area contributed by atoms with Crippen molar-refractivity contribution in [1.82, 2.24) is 5.32 Å². The quantitative estimate of drug-likeness (QED) is 0.709. The molecule has 1 saturated carbocycles. The Morgan fingerprint density at radius 3 is 2.53 bits per heavy atom. The molecule has 0 aromatic carbocycles. The Balaban J connectivity index is 2.26. The van der Waals surface area contributed by atoms with Gasteiger partial charge in [-0.25, -0.2) is 0 Å². The monoisotopic (exact) mass is 268 g/mol. The Kier molecular flexibility index (Phi) is 7.44. The molecule has 0 aliphatic heterocycles. The molecule has 112 valence electrons. The molecule has 0 saturated heterocycles. The van der Waals surface area contributed by atoms with Crippen LogP contribution >= 0.6 is 0 Å². The second kappa shape index (κ2) is 8.57. The number of nitrogens with one attached hydrogen (secondary N) is 1. The van der Waals surface area contributed by atoms with Crippen molar-refractivity contribution >= 4 is 5.91 Å². The smallest absolute Gasteiger partial charge is 0.221 e. The van der Waals surface area contributed by atoms with Gasteiger partial charge in [0.25, 0.3) is 0 Å². The molecule has 0 bridgehead atoms. The van der Waals surface area contributed by atoms with Gasteiger partial charge in [-0.2, -0.15) is 0 Å². The van der Waals surface area contributed by atoms with Crippen molar-refractivity contribution in [2.24, 2.45) is 11.7 Å². The van der Waals surface area contributed by atoms with Crippen molar-refractivity contribution in [1.29, 1.82) is 0 Å². The lowest BCUT2D eigenvalue weighted by molar-refractivity contribution is -0.122. The molecule has 0 spiro atoms. The molecular weight excluding hydrogens is 236 g/mol. The van der Waals surface area contributed by atoms with E-state index < -0.39 is 0 Å². The molecule has 0 radical (unpaired) electrons. The van der Waals surface area contributed by atoms with Gasteiger partial charge in [-0.1, -0.05) is 52.4 Å². The highest BCUT2D eigenvalue weighted by atomic mass is 16.1. The van der Waals surface area contributed by atoms with Crippen LogP contribution in [0.4, 0.5) is 0 Å². The Labute approximate surface area is 118 Å². The van der Waals surface area contributed by atoms with Crippen LogP contribution < -0.4 is 11.1 Å². The number of hydrogen-bond donors (Lipinski definition) is 2. The number of carbonyl (C=O) groups is 1. The van der Waals surface area contributed by atoms with Gasteiger partial charge in [0.05, 0.1) is 0 Å². The van der Waals surface area contributed by atoms with Crippen molar-refractivity contribution < 1.29 is 4.79 Å². The zero-order valence-corrected chi connectivity index (χ0v) is 12.8. The maximum absolute atomic E-state index is 12.0. The summed E-state index contributed by atoms with van der Waals surface area (Å²) in [7, 11) is 0. The van der Waals surface area contributed by atoms with Crippen LogP contribution in [0.3, 0.4) is 0 Å². The van der Waals surface area contributed by atoms with Crippen molar-refractivity contribution in [3.8, 4) is 0 Å². The molecule has 1 amide bonds. The summed E-state index contributed by atoms with van der Waals surface area (Å²) >= 11 is 0. The lowest BCUT2D eigenvalue weighted by Crippen LogP contribution is -2.46. The van der Waals surface area contributed by atoms with Crippen LogP contribution in [-0.4, -0.2) is 18.0 Å². The van der Waals surface area contributed by atoms with E-state index in [4.69, 9.17) is 5.73 Å². The minimum atomic E-state index is -0.229. The summed E-state index contributed by atoms with van der Waals surface area (Å²) in [6.07, 6.45) is 11.0. The second-order valence-electron chi connectivity index (χ2n) is 6.32. The van der Waals surface area contributed by atoms with Crippen molar-refractivity contribution in [3.63, 3.8) is 0 Å². The van der Waals surface area contributed by atoms with Crippen LogP contribution in [0, 0.1) is 5.92 Å². The van der Waals surface area contributed by atoms with Gasteiger partial charge in [0.1, 0.15) is 0 Å². The molecule has 1 aliphatic rings. The van der Waals surface area contributed by atoms with Gasteiger partial charge >= 0.3 is 0 Å². The van der Waals surface area contributed by atoms with Crippen LogP contribution in [0.1, 0.15) is 78.1 Å². The normalized spacial score (nSPS) is 19.9. The molecule has 3 heteroatoms. The molecule has 3 N–H and O–H groups in total. The van der Waals surface area contributed by atoms with E-state index in [1.807, 2.05) is 0 Å². The molecule has 0 heterocycles. The molecule has 1 aliphatic carbocycles. The van der Waals surface area contributed by atoms with E-state index in [1.165, 1.54) is 38.5 Å². The molecule has 1 atom stereocenters. The maximum atomic E-state index is 12.0. The first-order chi connectivity index (χ1) is 9.09. The third kappa shape index (κ3) is 6.42. The summed E-state index contributed by atoms with van der Waals surface area (Å²) in [6.45, 7) is 5.25. The second-order valence-corrected chi connectivity index (χ2v) is 6.32. The lowest BCUT2D eigenvalue weighted by atomic mass is 9.80. The van der Waals surface area contributed by atoms with Crippen LogP contribution in [0.15, 0.2) is 0 Å². The molecule has 0 aromatic rings. The fourth-order valence-electron chi connectivity index (χ4n) is 3.02. The first kappa shape index (κ1) is 16.5. The topological polar surface area (TPSA) is 55.1 Å². The van der Waals surface area contributed by atoms with Crippen LogP contribution in [-0.2, 0) is 4.79 Å². The van der Waals surface area contributed by atoms with Crippen LogP contribution in [0.5, 0.6) is 0 Å². The van der Waals surface area contributed by atoms with Crippen LogP contribution in [0.25, 0.3) is 0 Å². The van der Waals surface area contributed by atoms with Gasteiger partial charge in [0.2, 0.25) is 5.91 Å². The molecule has 1 rings (SSSR count). The minimum Gasteiger partial charge on any atom is -0.356 e. The van der Waals surface area contributed by atoms with Crippen LogP contribution in [0.2, 0.25) is 0 Å². The first-order valence-corrected chi connectivity index (χ1v) is 8.15. The lowest BCUT2D eigenvalue weighted by Gasteiger charge is -2.33. The fraction of sp³-hybridized carbons (Fsp3) is 0.938. The Morgan fingerprint density at radius 2 is 1.95 bits per heavy atom. The van der Waals surface area contributed by atoms with Gasteiger partial charge in [-0.05, 0) is 25.2 Å². The highest BCUT2D eigenvalue weighted by molar-refractivity contribution is 5.77. The highest BCUT2D eigenvalue weighted by Gasteiger charge is 2.29. The SMILES string of the molecule is CCCCC(CC)CNC(=O)CC1(N)CCCCC1. The molecule has 0 aromatic heterocycles. The predicted molar refractivity (Wildman–Crippen MR) is 80.9 cm³/mol. The number of rotatable bonds is 8. The number of unbranched alkanes of at least 4 members (excludes halogenated alkanes) is 1. The standard InChI is InChI=1S/C16H32N2O/c1-3-5-9-14(4-2)13-18-15(19)12-16(17)10-7-6-8-11-16/h14H,3-13,17H2,1-2H3,(H,18,19). The molecule has 1 fully saturated rings. The van der Waals surface area contributed by atoms with E-state index in [2.05, 4.69) is 19.2 Å². The number of hydrogen-bond acceptors (Lipinski definition) is 2. The summed E-state index contributed by atoms with van der Waals surface area (Å²) in [5.41, 5.74) is 6.09. The fourth-order valence-corrected chi connectivity index (χ4v) is 3.02. The molecule has 1 unspecified atom stereocenters. The summed E-state index contributed by atoms with van der Waals surface area (Å²) in [4.78, 5) is 12.0. The van der Waals surface area contributed by atoms with E-state index in [0.717, 1.165) is 25.8 Å². The molecule has 3 nitrogen and oxygen atoms in total. The zero-order valence-electron chi connectivity index (χ0n) is 12.8. The van der Waals surface area contributed by atoms with E-state index in [9.17, 15) is 4.79 Å². The van der Waals surface area contributed by atoms with Gasteiger partial charge < -0.3 is 11.1 Å². The molecular formula is C16H32N2O. The van der Waals surface area contributed by atoms with Crippen molar-refractivity contribution in [3.05, 3.63) is 0 Å². The average molecular weight is 268 g/mol. The predicted octanol–water partition coefficient (Wildman–Crippen LogP) is 3.37. The summed E-state index contributed by atoms with van der Waals surface area (Å²) < 4.78 is 0. The maximum Gasteiger partial charge on any atom is 0.221 e. The average Bonchev–Trinajstić information content (AvgIpc) is 2.39. The largest absolute Gasteiger partial charge is 0.356 e. The summed E-state index contributed by atoms with van der Waals surface area (Å²) in [5, 5.41) is 3.10. The zero-order chi connectivity index (χ0) is 14.1. The number of amides is 1. The third-order valence-corrected chi connectivity index (χ3v) is 4.49. The minimum absolute atomic E-state index is 0.152. The van der Waals surface area contributed by atoms with E-state index in [-0.39, 0.29) is 11.4 Å². The van der Waals surface area contributed by atoms with E-state index in [0.29, 0.717) is 12.3 Å². The Morgan fingerprint density at radius 1 is 1.26 bits per heavy atom. The van der Waals surface area contributed by atoms with Gasteiger partial charge in [-0.15, -0.1) is 0 Å². The third-order valence-electron chi connectivity index (χ3n) is 4.49. The number of carbonyl (C=O) groups excluding carboxylic acids is 1. The first-order valence-electron chi connectivity index (χ1n) is 8.15. The van der Waals surface area contributed by atoms with Crippen molar-refractivity contribution in [2.45, 2.75) is 83.6 Å². The van der Waals surface area contributed by atoms with E-state index >= 15 is 0 Å². The highest BCUT2D eigenvalue weighted by Crippen LogP contribution is 2.28. The van der Waals surface area contributed by atoms with E-state index in [1.54, 1.807) is 0 Å². The summed E-state index contributed by atoms with van der Waals surface area (Å²) in [5.74, 6) is 0.781.